The molecule has 114 valence electrons. The minimum atomic E-state index is -0.767. The summed E-state index contributed by atoms with van der Waals surface area (Å²) in [5, 5.41) is 9.34. The Morgan fingerprint density at radius 1 is 1.30 bits per heavy atom. The number of unbranched alkanes of at least 4 members (excludes halogenated alkanes) is 5. The summed E-state index contributed by atoms with van der Waals surface area (Å²) in [6.45, 7) is 6.13. The van der Waals surface area contributed by atoms with Gasteiger partial charge in [0.1, 0.15) is 0 Å². The van der Waals surface area contributed by atoms with E-state index >= 15 is 0 Å². The van der Waals surface area contributed by atoms with Crippen LogP contribution in [0.5, 0.6) is 0 Å². The van der Waals surface area contributed by atoms with E-state index in [2.05, 4.69) is 6.92 Å². The quantitative estimate of drug-likeness (QED) is 0.520. The van der Waals surface area contributed by atoms with E-state index in [0.29, 0.717) is 0 Å². The van der Waals surface area contributed by atoms with Crippen LogP contribution in [-0.4, -0.2) is 16.6 Å². The Kier molecular flexibility index (Phi) is 6.47. The molecule has 1 rings (SSSR count). The van der Waals surface area contributed by atoms with Gasteiger partial charge in [0.2, 0.25) is 0 Å². The first-order valence-corrected chi connectivity index (χ1v) is 7.81. The lowest BCUT2D eigenvalue weighted by Gasteiger charge is -2.31. The van der Waals surface area contributed by atoms with Crippen LogP contribution in [-0.2, 0) is 4.79 Å². The van der Waals surface area contributed by atoms with Crippen molar-refractivity contribution in [2.75, 3.05) is 0 Å². The number of carboxylic acids is 1. The van der Waals surface area contributed by atoms with Gasteiger partial charge in [-0.2, -0.15) is 0 Å². The smallest absolute Gasteiger partial charge is 0.314 e. The van der Waals surface area contributed by atoms with Gasteiger partial charge in [-0.05, 0) is 32.3 Å². The van der Waals surface area contributed by atoms with Crippen LogP contribution in [0, 0.1) is 5.92 Å². The first kappa shape index (κ1) is 17.0. The van der Waals surface area contributed by atoms with Crippen LogP contribution in [0.4, 0.5) is 0 Å². The molecule has 0 aromatic carbocycles. The van der Waals surface area contributed by atoms with Crippen LogP contribution in [0.15, 0.2) is 23.3 Å². The lowest BCUT2D eigenvalue weighted by Crippen LogP contribution is -2.39. The van der Waals surface area contributed by atoms with Crippen LogP contribution in [0.3, 0.4) is 0 Å². The third kappa shape index (κ3) is 4.48. The molecule has 0 amide bonds. The number of carbonyl (C=O) groups is 1. The predicted octanol–water partition coefficient (Wildman–Crippen LogP) is 4.04. The molecular formula is C17H29NO2. The van der Waals surface area contributed by atoms with Crippen molar-refractivity contribution in [1.82, 2.24) is 0 Å². The molecule has 0 radical (unpaired) electrons. The first-order chi connectivity index (χ1) is 9.40. The summed E-state index contributed by atoms with van der Waals surface area (Å²) in [5.41, 5.74) is 7.75. The van der Waals surface area contributed by atoms with Crippen LogP contribution in [0.25, 0.3) is 0 Å². The summed E-state index contributed by atoms with van der Waals surface area (Å²) in [7, 11) is 0. The van der Waals surface area contributed by atoms with Gasteiger partial charge in [0.05, 0.1) is 11.5 Å². The summed E-state index contributed by atoms with van der Waals surface area (Å²) in [6.07, 6.45) is 11.7. The van der Waals surface area contributed by atoms with Crippen LogP contribution in [0.2, 0.25) is 0 Å². The van der Waals surface area contributed by atoms with Gasteiger partial charge in [-0.3, -0.25) is 4.79 Å². The van der Waals surface area contributed by atoms with E-state index in [1.807, 2.05) is 19.9 Å². The summed E-state index contributed by atoms with van der Waals surface area (Å²) < 4.78 is 0. The fourth-order valence-electron chi connectivity index (χ4n) is 2.79. The summed E-state index contributed by atoms with van der Waals surface area (Å²) in [4.78, 5) is 11.4. The molecule has 20 heavy (non-hydrogen) atoms. The molecule has 0 saturated heterocycles. The van der Waals surface area contributed by atoms with Crippen LogP contribution >= 0.6 is 0 Å². The minimum absolute atomic E-state index is 0.484. The second-order valence-corrected chi connectivity index (χ2v) is 6.13. The Morgan fingerprint density at radius 2 is 1.90 bits per heavy atom. The van der Waals surface area contributed by atoms with Crippen molar-refractivity contribution >= 4 is 5.97 Å². The molecular weight excluding hydrogens is 250 g/mol. The van der Waals surface area contributed by atoms with Gasteiger partial charge in [0, 0.05) is 0 Å². The maximum atomic E-state index is 11.4. The first-order valence-electron chi connectivity index (χ1n) is 7.81. The molecule has 3 N–H and O–H groups in total. The molecule has 0 aromatic rings. The number of aliphatic carboxylic acids is 1. The number of rotatable bonds is 8. The van der Waals surface area contributed by atoms with E-state index in [-0.39, 0.29) is 0 Å². The maximum absolute atomic E-state index is 11.4. The molecule has 0 aromatic heterocycles. The standard InChI is InChI=1S/C17H29NO2/c1-4-5-6-7-8-9-10-14-13(2)17(3,18)12-11-15(14)16(19)20/h11-12,15H,4-10,18H2,1-3H3,(H,19,20). The maximum Gasteiger partial charge on any atom is 0.314 e. The van der Waals surface area contributed by atoms with Crippen LogP contribution < -0.4 is 5.73 Å². The van der Waals surface area contributed by atoms with Crippen molar-refractivity contribution in [1.29, 1.82) is 0 Å². The Morgan fingerprint density at radius 3 is 2.50 bits per heavy atom. The van der Waals surface area contributed by atoms with Crippen molar-refractivity contribution in [2.45, 2.75) is 71.3 Å². The van der Waals surface area contributed by atoms with Crippen molar-refractivity contribution in [2.24, 2.45) is 11.7 Å². The molecule has 3 nitrogen and oxygen atoms in total. The molecule has 0 fully saturated rings. The molecule has 0 heterocycles. The van der Waals surface area contributed by atoms with Gasteiger partial charge in [-0.1, -0.05) is 56.8 Å². The average molecular weight is 279 g/mol. The lowest BCUT2D eigenvalue weighted by molar-refractivity contribution is -0.139. The number of carboxylic acid groups (broad SMARTS) is 1. The van der Waals surface area contributed by atoms with Gasteiger partial charge in [0.15, 0.2) is 0 Å². The zero-order valence-corrected chi connectivity index (χ0v) is 13.1. The van der Waals surface area contributed by atoms with Crippen LogP contribution in [0.1, 0.15) is 65.7 Å². The van der Waals surface area contributed by atoms with Gasteiger partial charge in [-0.15, -0.1) is 0 Å². The number of hydrogen-bond donors (Lipinski definition) is 2. The molecule has 1 aliphatic carbocycles. The Labute approximate surface area is 122 Å². The van der Waals surface area contributed by atoms with Crippen molar-refractivity contribution < 1.29 is 9.90 Å². The Balaban J connectivity index is 2.60. The van der Waals surface area contributed by atoms with Gasteiger partial charge in [-0.25, -0.2) is 0 Å². The molecule has 2 unspecified atom stereocenters. The van der Waals surface area contributed by atoms with E-state index in [1.54, 1.807) is 6.08 Å². The molecule has 0 bridgehead atoms. The summed E-state index contributed by atoms with van der Waals surface area (Å²) in [5.74, 6) is -1.25. The SMILES string of the molecule is CCCCCCCCC1=C(C)C(C)(N)C=CC1C(=O)O. The number of nitrogens with two attached hydrogens (primary N) is 1. The molecule has 0 aliphatic heterocycles. The third-order valence-electron chi connectivity index (χ3n) is 4.37. The highest BCUT2D eigenvalue weighted by Crippen LogP contribution is 2.33. The molecule has 0 spiro atoms. The fraction of sp³-hybridized carbons (Fsp3) is 0.706. The van der Waals surface area contributed by atoms with Gasteiger partial charge >= 0.3 is 5.97 Å². The average Bonchev–Trinajstić information content (AvgIpc) is 2.38. The van der Waals surface area contributed by atoms with Crippen molar-refractivity contribution in [3.63, 3.8) is 0 Å². The zero-order chi connectivity index (χ0) is 15.2. The highest BCUT2D eigenvalue weighted by molar-refractivity contribution is 5.77. The highest BCUT2D eigenvalue weighted by Gasteiger charge is 2.31. The Bertz CT molecular complexity index is 394. The summed E-state index contributed by atoms with van der Waals surface area (Å²) >= 11 is 0. The normalized spacial score (nSPS) is 26.1. The minimum Gasteiger partial charge on any atom is -0.481 e. The van der Waals surface area contributed by atoms with E-state index < -0.39 is 17.4 Å². The van der Waals surface area contributed by atoms with E-state index in [9.17, 15) is 9.90 Å². The summed E-state index contributed by atoms with van der Waals surface area (Å²) in [6, 6.07) is 0. The molecule has 1 aliphatic rings. The van der Waals surface area contributed by atoms with Crippen molar-refractivity contribution in [3.05, 3.63) is 23.3 Å². The van der Waals surface area contributed by atoms with Crippen molar-refractivity contribution in [3.8, 4) is 0 Å². The topological polar surface area (TPSA) is 63.3 Å². The zero-order valence-electron chi connectivity index (χ0n) is 13.1. The third-order valence-corrected chi connectivity index (χ3v) is 4.37. The molecule has 2 atom stereocenters. The van der Waals surface area contributed by atoms with E-state index in [0.717, 1.165) is 24.0 Å². The molecule has 3 heteroatoms. The largest absolute Gasteiger partial charge is 0.481 e. The molecule has 0 saturated carbocycles. The predicted molar refractivity (Wildman–Crippen MR) is 83.6 cm³/mol. The monoisotopic (exact) mass is 279 g/mol. The highest BCUT2D eigenvalue weighted by atomic mass is 16.4. The lowest BCUT2D eigenvalue weighted by atomic mass is 9.77. The van der Waals surface area contributed by atoms with E-state index in [4.69, 9.17) is 5.73 Å². The fourth-order valence-corrected chi connectivity index (χ4v) is 2.79. The Hall–Kier alpha value is -1.09. The second-order valence-electron chi connectivity index (χ2n) is 6.13. The second kappa shape index (κ2) is 7.63. The van der Waals surface area contributed by atoms with Gasteiger partial charge < -0.3 is 10.8 Å². The van der Waals surface area contributed by atoms with E-state index in [1.165, 1.54) is 32.1 Å². The number of hydrogen-bond acceptors (Lipinski definition) is 2. The van der Waals surface area contributed by atoms with Gasteiger partial charge in [0.25, 0.3) is 0 Å².